The van der Waals surface area contributed by atoms with E-state index >= 15 is 0 Å². The van der Waals surface area contributed by atoms with Crippen molar-refractivity contribution in [2.24, 2.45) is 4.99 Å². The molecule has 0 heterocycles. The van der Waals surface area contributed by atoms with E-state index in [0.29, 0.717) is 12.2 Å². The number of nitrogens with zero attached hydrogens (tertiary/aromatic N) is 1. The van der Waals surface area contributed by atoms with Crippen LogP contribution in [-0.4, -0.2) is 36.4 Å². The highest BCUT2D eigenvalue weighted by Crippen LogP contribution is 2.13. The number of benzene rings is 1. The Bertz CT molecular complexity index is 482. The third kappa shape index (κ3) is 4.40. The van der Waals surface area contributed by atoms with E-state index in [9.17, 15) is 9.59 Å². The van der Waals surface area contributed by atoms with Crippen molar-refractivity contribution in [2.75, 3.05) is 13.6 Å². The Hall–Kier alpha value is -2.41. The Balaban J connectivity index is 2.94. The van der Waals surface area contributed by atoms with Crippen molar-refractivity contribution < 1.29 is 14.7 Å². The van der Waals surface area contributed by atoms with Crippen LogP contribution in [0.4, 0.5) is 5.69 Å². The van der Waals surface area contributed by atoms with Gasteiger partial charge < -0.3 is 15.8 Å². The zero-order valence-corrected chi connectivity index (χ0v) is 10.7. The second kappa shape index (κ2) is 7.12. The van der Waals surface area contributed by atoms with Crippen LogP contribution in [0.1, 0.15) is 17.3 Å². The van der Waals surface area contributed by atoms with Gasteiger partial charge in [0, 0.05) is 13.6 Å². The second-order valence-electron chi connectivity index (χ2n) is 3.55. The maximum absolute atomic E-state index is 11.7. The minimum atomic E-state index is -1.01. The average Bonchev–Trinajstić information content (AvgIpc) is 2.39. The lowest BCUT2D eigenvalue weighted by molar-refractivity contribution is -0.114. The van der Waals surface area contributed by atoms with Crippen molar-refractivity contribution in [3.8, 4) is 0 Å². The van der Waals surface area contributed by atoms with E-state index in [1.54, 1.807) is 14.0 Å². The largest absolute Gasteiger partial charge is 0.478 e. The molecule has 0 aliphatic heterocycles. The number of aromatic carboxylic acids is 1. The van der Waals surface area contributed by atoms with Gasteiger partial charge in [0.25, 0.3) is 5.91 Å². The number of carbonyl (C=O) groups is 2. The molecule has 0 saturated carbocycles. The summed E-state index contributed by atoms with van der Waals surface area (Å²) in [7, 11) is 1.61. The van der Waals surface area contributed by atoms with Gasteiger partial charge in [-0.1, -0.05) is 0 Å². The molecule has 1 rings (SSSR count). The third-order valence-corrected chi connectivity index (χ3v) is 2.15. The summed E-state index contributed by atoms with van der Waals surface area (Å²) in [4.78, 5) is 26.5. The maximum Gasteiger partial charge on any atom is 0.335 e. The number of amidine groups is 1. The smallest absolute Gasteiger partial charge is 0.335 e. The number of nitrogens with one attached hydrogen (secondary N) is 3. The minimum Gasteiger partial charge on any atom is -0.478 e. The average molecular weight is 264 g/mol. The monoisotopic (exact) mass is 264 g/mol. The van der Waals surface area contributed by atoms with Crippen molar-refractivity contribution in [1.82, 2.24) is 16.2 Å². The van der Waals surface area contributed by atoms with E-state index in [0.717, 1.165) is 0 Å². The van der Waals surface area contributed by atoms with Gasteiger partial charge in [0.1, 0.15) is 0 Å². The summed E-state index contributed by atoms with van der Waals surface area (Å²) in [6.45, 7) is 2.29. The Morgan fingerprint density at radius 3 is 2.37 bits per heavy atom. The van der Waals surface area contributed by atoms with E-state index in [4.69, 9.17) is 5.11 Å². The third-order valence-electron chi connectivity index (χ3n) is 2.15. The van der Waals surface area contributed by atoms with Crippen LogP contribution in [0.2, 0.25) is 0 Å². The fourth-order valence-electron chi connectivity index (χ4n) is 1.31. The summed E-state index contributed by atoms with van der Waals surface area (Å²) in [6.07, 6.45) is 0. The lowest BCUT2D eigenvalue weighted by atomic mass is 10.2. The number of rotatable bonds is 4. The summed E-state index contributed by atoms with van der Waals surface area (Å²) >= 11 is 0. The quantitative estimate of drug-likeness (QED) is 0.355. The molecule has 0 saturated heterocycles. The lowest BCUT2D eigenvalue weighted by Crippen LogP contribution is -2.44. The maximum atomic E-state index is 11.7. The number of hydrogen-bond acceptors (Lipinski definition) is 4. The van der Waals surface area contributed by atoms with Gasteiger partial charge in [-0.2, -0.15) is 0 Å². The fraction of sp³-hybridized carbons (Fsp3) is 0.250. The molecule has 0 aromatic heterocycles. The van der Waals surface area contributed by atoms with Gasteiger partial charge in [-0.05, 0) is 31.2 Å². The molecule has 0 unspecified atom stereocenters. The predicted molar refractivity (Wildman–Crippen MR) is 71.4 cm³/mol. The molecule has 1 aromatic carbocycles. The van der Waals surface area contributed by atoms with Crippen molar-refractivity contribution >= 4 is 23.4 Å². The zero-order chi connectivity index (χ0) is 14.3. The van der Waals surface area contributed by atoms with E-state index in [-0.39, 0.29) is 17.3 Å². The number of carboxylic acid groups (broad SMARTS) is 1. The van der Waals surface area contributed by atoms with Crippen LogP contribution >= 0.6 is 0 Å². The van der Waals surface area contributed by atoms with Crippen molar-refractivity contribution in [3.63, 3.8) is 0 Å². The molecule has 1 aromatic rings. The molecule has 102 valence electrons. The summed E-state index contributed by atoms with van der Waals surface area (Å²) in [5.74, 6) is -1.25. The van der Waals surface area contributed by atoms with Crippen LogP contribution < -0.4 is 16.2 Å². The number of hydrogen-bond donors (Lipinski definition) is 4. The normalized spacial score (nSPS) is 10.9. The van der Waals surface area contributed by atoms with Gasteiger partial charge in [-0.3, -0.25) is 4.79 Å². The van der Waals surface area contributed by atoms with Gasteiger partial charge in [0.05, 0.1) is 11.3 Å². The molecule has 7 heteroatoms. The number of amides is 1. The zero-order valence-electron chi connectivity index (χ0n) is 10.7. The van der Waals surface area contributed by atoms with Gasteiger partial charge in [0.15, 0.2) is 0 Å². The van der Waals surface area contributed by atoms with Gasteiger partial charge >= 0.3 is 5.97 Å². The van der Waals surface area contributed by atoms with Crippen LogP contribution in [0.5, 0.6) is 0 Å². The molecule has 4 N–H and O–H groups in total. The summed E-state index contributed by atoms with van der Waals surface area (Å²) in [6, 6.07) is 5.91. The molecular weight excluding hydrogens is 248 g/mol. The van der Waals surface area contributed by atoms with Crippen molar-refractivity contribution in [2.45, 2.75) is 6.92 Å². The summed E-state index contributed by atoms with van der Waals surface area (Å²) in [5.41, 5.74) is 5.89. The highest BCUT2D eigenvalue weighted by Gasteiger charge is 2.09. The highest BCUT2D eigenvalue weighted by molar-refractivity contribution is 6.38. The number of carboxylic acids is 1. The fourth-order valence-corrected chi connectivity index (χ4v) is 1.31. The highest BCUT2D eigenvalue weighted by atomic mass is 16.4. The Kier molecular flexibility index (Phi) is 5.49. The molecular formula is C12H16N4O3. The van der Waals surface area contributed by atoms with Gasteiger partial charge in [0.2, 0.25) is 5.84 Å². The van der Waals surface area contributed by atoms with Gasteiger partial charge in [-0.15, -0.1) is 0 Å². The molecule has 1 amide bonds. The molecule has 0 radical (unpaired) electrons. The van der Waals surface area contributed by atoms with Crippen molar-refractivity contribution in [3.05, 3.63) is 29.8 Å². The number of likely N-dealkylation sites (N-methyl/N-ethyl adjacent to an activating group) is 1. The van der Waals surface area contributed by atoms with Crippen LogP contribution in [0, 0.1) is 0 Å². The first-order valence-corrected chi connectivity index (χ1v) is 5.71. The molecule has 0 fully saturated rings. The van der Waals surface area contributed by atoms with Crippen LogP contribution in [-0.2, 0) is 4.79 Å². The molecule has 0 bridgehead atoms. The van der Waals surface area contributed by atoms with Crippen LogP contribution in [0.15, 0.2) is 29.3 Å². The molecule has 0 atom stereocenters. The van der Waals surface area contributed by atoms with E-state index in [1.165, 1.54) is 24.3 Å². The first kappa shape index (κ1) is 14.7. The number of hydrazine groups is 1. The summed E-state index contributed by atoms with van der Waals surface area (Å²) < 4.78 is 0. The summed E-state index contributed by atoms with van der Waals surface area (Å²) in [5, 5.41) is 11.4. The SMILES string of the molecule is CCNC(=O)C(=Nc1ccc(C(=O)O)cc1)NNC. The Morgan fingerprint density at radius 1 is 1.26 bits per heavy atom. The first-order valence-electron chi connectivity index (χ1n) is 5.71. The number of carbonyl (C=O) groups excluding carboxylic acids is 1. The van der Waals surface area contributed by atoms with E-state index in [2.05, 4.69) is 21.2 Å². The first-order chi connectivity index (χ1) is 9.08. The minimum absolute atomic E-state index is 0.104. The molecule has 7 nitrogen and oxygen atoms in total. The van der Waals surface area contributed by atoms with Crippen LogP contribution in [0.25, 0.3) is 0 Å². The standard InChI is InChI=1S/C12H16N4O3/c1-3-14-11(17)10(16-13-2)15-9-6-4-8(5-7-9)12(18)19/h4-7,13H,3H2,1-2H3,(H,14,17)(H,15,16)(H,18,19). The second-order valence-corrected chi connectivity index (χ2v) is 3.55. The van der Waals surface area contributed by atoms with E-state index in [1.807, 2.05) is 0 Å². The Labute approximate surface area is 110 Å². The number of aliphatic imine (C=N–C) groups is 1. The predicted octanol–water partition coefficient (Wildman–Crippen LogP) is 0.275. The van der Waals surface area contributed by atoms with Crippen molar-refractivity contribution in [1.29, 1.82) is 0 Å². The molecule has 0 aliphatic carbocycles. The lowest BCUT2D eigenvalue weighted by Gasteiger charge is -2.08. The molecule has 0 spiro atoms. The van der Waals surface area contributed by atoms with E-state index < -0.39 is 5.97 Å². The van der Waals surface area contributed by atoms with Crippen LogP contribution in [0.3, 0.4) is 0 Å². The Morgan fingerprint density at radius 2 is 1.89 bits per heavy atom. The molecule has 19 heavy (non-hydrogen) atoms. The molecule has 0 aliphatic rings. The van der Waals surface area contributed by atoms with Gasteiger partial charge in [-0.25, -0.2) is 15.2 Å². The topological polar surface area (TPSA) is 103 Å².